The van der Waals surface area contributed by atoms with Gasteiger partial charge in [0.25, 0.3) is 0 Å². The zero-order valence-corrected chi connectivity index (χ0v) is 23.6. The average molecular weight is 579 g/mol. The van der Waals surface area contributed by atoms with Crippen molar-refractivity contribution >= 4 is 24.0 Å². The van der Waals surface area contributed by atoms with E-state index in [1.165, 1.54) is 23.4 Å². The Morgan fingerprint density at radius 2 is 1.70 bits per heavy atom. The highest BCUT2D eigenvalue weighted by molar-refractivity contribution is 8.00. The van der Waals surface area contributed by atoms with Crippen LogP contribution >= 0.6 is 11.8 Å². The van der Waals surface area contributed by atoms with Crippen molar-refractivity contribution in [3.63, 3.8) is 0 Å². The maximum Gasteiger partial charge on any atom is 0.573 e. The minimum atomic E-state index is -4.84. The fourth-order valence-electron chi connectivity index (χ4n) is 3.29. The maximum absolute atomic E-state index is 12.3. The smallest absolute Gasteiger partial charge is 0.493 e. The molecule has 0 bridgehead atoms. The Kier molecular flexibility index (Phi) is 13.4. The summed E-state index contributed by atoms with van der Waals surface area (Å²) in [4.78, 5) is 23.7. The summed E-state index contributed by atoms with van der Waals surface area (Å²) in [7, 11) is 0. The van der Waals surface area contributed by atoms with Gasteiger partial charge < -0.3 is 18.9 Å². The van der Waals surface area contributed by atoms with Crippen molar-refractivity contribution < 1.29 is 41.7 Å². The molecule has 0 aliphatic carbocycles. The predicted octanol–water partition coefficient (Wildman–Crippen LogP) is 7.59. The van der Waals surface area contributed by atoms with Gasteiger partial charge in [-0.25, -0.2) is 0 Å². The molecule has 1 unspecified atom stereocenters. The molecule has 40 heavy (non-hydrogen) atoms. The molecule has 3 rings (SSSR count). The SMILES string of the molecule is CCOC(=O)CSc1ccc(OCCC(C)Oc2ccc(OC(F)(F)F)cc2C=O)cc1C.Cc1ccccc1. The Morgan fingerprint density at radius 1 is 1.00 bits per heavy atom. The van der Waals surface area contributed by atoms with E-state index in [1.54, 1.807) is 19.9 Å². The Labute approximate surface area is 236 Å². The summed E-state index contributed by atoms with van der Waals surface area (Å²) in [6.45, 7) is 8.19. The minimum absolute atomic E-state index is 0.0453. The van der Waals surface area contributed by atoms with Gasteiger partial charge in [0.15, 0.2) is 6.29 Å². The van der Waals surface area contributed by atoms with Crippen molar-refractivity contribution in [1.82, 2.24) is 0 Å². The molecule has 0 saturated heterocycles. The Bertz CT molecular complexity index is 1220. The zero-order chi connectivity index (χ0) is 29.5. The third-order valence-electron chi connectivity index (χ3n) is 5.20. The van der Waals surface area contributed by atoms with Gasteiger partial charge in [-0.05, 0) is 69.7 Å². The number of carbonyl (C=O) groups is 2. The standard InChI is InChI=1S/C23H25F3O6S.C7H8/c1-4-29-22(28)14-33-21-8-6-18(11-15(21)2)30-10-9-16(3)31-20-7-5-19(12-17(20)13-27)32-23(24,25)26;1-7-5-3-2-4-6-7/h5-8,11-13,16H,4,9-10,14H2,1-3H3;2-6H,1H3. The van der Waals surface area contributed by atoms with Crippen LogP contribution < -0.4 is 14.2 Å². The van der Waals surface area contributed by atoms with E-state index >= 15 is 0 Å². The molecule has 0 radical (unpaired) electrons. The molecule has 3 aromatic rings. The number of thioether (sulfide) groups is 1. The Hall–Kier alpha value is -3.66. The number of alkyl halides is 3. The summed E-state index contributed by atoms with van der Waals surface area (Å²) in [5.74, 6) is 0.285. The first-order chi connectivity index (χ1) is 19.0. The van der Waals surface area contributed by atoms with Crippen LogP contribution in [-0.2, 0) is 9.53 Å². The van der Waals surface area contributed by atoms with Gasteiger partial charge in [-0.1, -0.05) is 35.9 Å². The molecule has 0 aromatic heterocycles. The number of hydrogen-bond acceptors (Lipinski definition) is 7. The van der Waals surface area contributed by atoms with Crippen molar-refractivity contribution in [3.05, 3.63) is 83.4 Å². The molecule has 0 heterocycles. The second kappa shape index (κ2) is 16.4. The number of hydrogen-bond donors (Lipinski definition) is 0. The van der Waals surface area contributed by atoms with E-state index in [0.717, 1.165) is 22.6 Å². The van der Waals surface area contributed by atoms with E-state index in [0.29, 0.717) is 31.7 Å². The lowest BCUT2D eigenvalue weighted by atomic mass is 10.2. The molecule has 10 heteroatoms. The number of aryl methyl sites for hydroxylation is 2. The monoisotopic (exact) mass is 578 g/mol. The van der Waals surface area contributed by atoms with Crippen LogP contribution in [0.5, 0.6) is 17.2 Å². The van der Waals surface area contributed by atoms with Gasteiger partial charge in [0, 0.05) is 11.3 Å². The van der Waals surface area contributed by atoms with E-state index in [9.17, 15) is 22.8 Å². The summed E-state index contributed by atoms with van der Waals surface area (Å²) in [5, 5.41) is 0. The fraction of sp³-hybridized carbons (Fsp3) is 0.333. The normalized spacial score (nSPS) is 11.5. The van der Waals surface area contributed by atoms with E-state index in [2.05, 4.69) is 23.8 Å². The molecule has 1 atom stereocenters. The van der Waals surface area contributed by atoms with Crippen molar-refractivity contribution in [2.45, 2.75) is 51.5 Å². The van der Waals surface area contributed by atoms with Crippen LogP contribution in [-0.4, -0.2) is 43.7 Å². The number of aldehydes is 1. The van der Waals surface area contributed by atoms with E-state index < -0.39 is 12.1 Å². The maximum atomic E-state index is 12.3. The van der Waals surface area contributed by atoms with E-state index in [1.807, 2.05) is 37.3 Å². The van der Waals surface area contributed by atoms with Crippen molar-refractivity contribution in [2.24, 2.45) is 0 Å². The Balaban J connectivity index is 0.000000693. The second-order valence-electron chi connectivity index (χ2n) is 8.61. The number of ether oxygens (including phenoxy) is 4. The van der Waals surface area contributed by atoms with Crippen LogP contribution in [0.4, 0.5) is 13.2 Å². The Morgan fingerprint density at radius 3 is 2.27 bits per heavy atom. The molecule has 0 N–H and O–H groups in total. The molecule has 0 fully saturated rings. The van der Waals surface area contributed by atoms with Gasteiger partial charge in [-0.15, -0.1) is 24.9 Å². The number of benzene rings is 3. The first-order valence-electron chi connectivity index (χ1n) is 12.6. The van der Waals surface area contributed by atoms with Crippen molar-refractivity contribution in [2.75, 3.05) is 19.0 Å². The summed E-state index contributed by atoms with van der Waals surface area (Å²) in [5.41, 5.74) is 2.24. The summed E-state index contributed by atoms with van der Waals surface area (Å²) < 4.78 is 57.2. The van der Waals surface area contributed by atoms with Crippen LogP contribution in [0.3, 0.4) is 0 Å². The molecule has 0 spiro atoms. The molecule has 3 aromatic carbocycles. The molecule has 0 saturated carbocycles. The molecule has 216 valence electrons. The summed E-state index contributed by atoms with van der Waals surface area (Å²) in [6.07, 6.45) is -4.33. The fourth-order valence-corrected chi connectivity index (χ4v) is 4.10. The zero-order valence-electron chi connectivity index (χ0n) is 22.8. The largest absolute Gasteiger partial charge is 0.573 e. The van der Waals surface area contributed by atoms with E-state index in [-0.39, 0.29) is 29.1 Å². The lowest BCUT2D eigenvalue weighted by molar-refractivity contribution is -0.274. The first-order valence-corrected chi connectivity index (χ1v) is 13.5. The quantitative estimate of drug-likeness (QED) is 0.125. The van der Waals surface area contributed by atoms with Crippen LogP contribution in [0.2, 0.25) is 0 Å². The highest BCUT2D eigenvalue weighted by atomic mass is 32.2. The predicted molar refractivity (Wildman–Crippen MR) is 148 cm³/mol. The second-order valence-corrected chi connectivity index (χ2v) is 9.62. The number of carbonyl (C=O) groups excluding carboxylic acids is 2. The van der Waals surface area contributed by atoms with Crippen LogP contribution in [0, 0.1) is 13.8 Å². The molecular weight excluding hydrogens is 545 g/mol. The topological polar surface area (TPSA) is 71.1 Å². The minimum Gasteiger partial charge on any atom is -0.493 e. The van der Waals surface area contributed by atoms with Gasteiger partial charge in [-0.2, -0.15) is 0 Å². The van der Waals surface area contributed by atoms with Crippen molar-refractivity contribution in [3.8, 4) is 17.2 Å². The number of rotatable bonds is 12. The lowest BCUT2D eigenvalue weighted by Crippen LogP contribution is -2.18. The molecule has 0 amide bonds. The molecule has 0 aliphatic heterocycles. The van der Waals surface area contributed by atoms with Crippen LogP contribution in [0.1, 0.15) is 41.8 Å². The summed E-state index contributed by atoms with van der Waals surface area (Å²) in [6, 6.07) is 19.1. The van der Waals surface area contributed by atoms with Gasteiger partial charge in [-0.3, -0.25) is 9.59 Å². The van der Waals surface area contributed by atoms with Crippen LogP contribution in [0.25, 0.3) is 0 Å². The van der Waals surface area contributed by atoms with Crippen molar-refractivity contribution in [1.29, 1.82) is 0 Å². The molecule has 6 nitrogen and oxygen atoms in total. The third kappa shape index (κ3) is 12.5. The first kappa shape index (κ1) is 32.6. The van der Waals surface area contributed by atoms with Gasteiger partial charge in [0.05, 0.1) is 30.6 Å². The average Bonchev–Trinajstić information content (AvgIpc) is 2.89. The van der Waals surface area contributed by atoms with Gasteiger partial charge >= 0.3 is 12.3 Å². The summed E-state index contributed by atoms with van der Waals surface area (Å²) >= 11 is 1.39. The number of esters is 1. The highest BCUT2D eigenvalue weighted by Crippen LogP contribution is 2.29. The van der Waals surface area contributed by atoms with Crippen LogP contribution in [0.15, 0.2) is 71.6 Å². The van der Waals surface area contributed by atoms with Gasteiger partial charge in [0.2, 0.25) is 0 Å². The molecule has 0 aliphatic rings. The molecular formula is C30H33F3O6S. The third-order valence-corrected chi connectivity index (χ3v) is 6.35. The lowest BCUT2D eigenvalue weighted by Gasteiger charge is -2.17. The highest BCUT2D eigenvalue weighted by Gasteiger charge is 2.31. The number of halogens is 3. The van der Waals surface area contributed by atoms with Gasteiger partial charge in [0.1, 0.15) is 17.2 Å². The van der Waals surface area contributed by atoms with E-state index in [4.69, 9.17) is 14.2 Å².